The Balaban J connectivity index is 2.83. The summed E-state index contributed by atoms with van der Waals surface area (Å²) in [5.41, 5.74) is 2.20. The lowest BCUT2D eigenvalue weighted by Gasteiger charge is -1.94. The van der Waals surface area contributed by atoms with Crippen LogP contribution in [0, 0.1) is 11.8 Å². The van der Waals surface area contributed by atoms with Crippen molar-refractivity contribution in [3.63, 3.8) is 0 Å². The number of rotatable bonds is 1. The molecule has 0 aliphatic heterocycles. The third kappa shape index (κ3) is 0.906. The Bertz CT molecular complexity index is 431. The number of nitrogens with zero attached hydrogens (tertiary/aromatic N) is 1. The predicted molar refractivity (Wildman–Crippen MR) is 46.4 cm³/mol. The van der Waals surface area contributed by atoms with E-state index in [4.69, 9.17) is 4.42 Å². The first-order chi connectivity index (χ1) is 5.81. The number of aryl methyl sites for hydroxylation is 1. The molecule has 0 amide bonds. The van der Waals surface area contributed by atoms with E-state index in [1.807, 2.05) is 13.0 Å². The van der Waals surface area contributed by atoms with Crippen LogP contribution < -0.4 is 0 Å². The number of benzene rings is 1. The highest BCUT2D eigenvalue weighted by atomic mass is 16.3. The fourth-order valence-corrected chi connectivity index (χ4v) is 1.29. The molecule has 0 aliphatic carbocycles. The summed E-state index contributed by atoms with van der Waals surface area (Å²) in [6, 6.07) is 5.23. The van der Waals surface area contributed by atoms with E-state index in [9.17, 15) is 4.91 Å². The summed E-state index contributed by atoms with van der Waals surface area (Å²) >= 11 is 0. The van der Waals surface area contributed by atoms with E-state index in [1.54, 1.807) is 18.4 Å². The molecule has 0 atom stereocenters. The van der Waals surface area contributed by atoms with Crippen molar-refractivity contribution < 1.29 is 4.42 Å². The van der Waals surface area contributed by atoms with Crippen molar-refractivity contribution in [1.82, 2.24) is 0 Å². The van der Waals surface area contributed by atoms with Crippen LogP contribution in [0.5, 0.6) is 0 Å². The van der Waals surface area contributed by atoms with Crippen molar-refractivity contribution in [2.45, 2.75) is 6.92 Å². The summed E-state index contributed by atoms with van der Waals surface area (Å²) in [6.45, 7) is 1.89. The predicted octanol–water partition coefficient (Wildman–Crippen LogP) is 3.14. The third-order valence-electron chi connectivity index (χ3n) is 1.83. The molecule has 60 valence electrons. The quantitative estimate of drug-likeness (QED) is 0.603. The number of furan rings is 1. The van der Waals surface area contributed by atoms with Crippen LogP contribution in [-0.2, 0) is 0 Å². The van der Waals surface area contributed by atoms with Gasteiger partial charge in [0.1, 0.15) is 11.3 Å². The first-order valence-corrected chi connectivity index (χ1v) is 3.62. The van der Waals surface area contributed by atoms with Gasteiger partial charge >= 0.3 is 0 Å². The fraction of sp³-hybridized carbons (Fsp3) is 0.111. The molecule has 0 spiro atoms. The van der Waals surface area contributed by atoms with Crippen LogP contribution in [0.4, 0.5) is 5.69 Å². The Labute approximate surface area is 69.0 Å². The average Bonchev–Trinajstić information content (AvgIpc) is 2.52. The molecule has 0 radical (unpaired) electrons. The van der Waals surface area contributed by atoms with Gasteiger partial charge in [0.15, 0.2) is 0 Å². The summed E-state index contributed by atoms with van der Waals surface area (Å²) in [4.78, 5) is 10.2. The second-order valence-electron chi connectivity index (χ2n) is 2.69. The van der Waals surface area contributed by atoms with Crippen molar-refractivity contribution in [1.29, 1.82) is 0 Å². The average molecular weight is 161 g/mol. The zero-order valence-electron chi connectivity index (χ0n) is 6.57. The molecule has 0 saturated heterocycles. The van der Waals surface area contributed by atoms with E-state index < -0.39 is 0 Å². The molecule has 3 heteroatoms. The maximum Gasteiger partial charge on any atom is 0.136 e. The Hall–Kier alpha value is -1.64. The summed E-state index contributed by atoms with van der Waals surface area (Å²) in [7, 11) is 0. The maximum absolute atomic E-state index is 10.2. The largest absolute Gasteiger partial charge is 0.464 e. The molecule has 1 heterocycles. The molecule has 3 nitrogen and oxygen atoms in total. The molecule has 2 aromatic rings. The molecular formula is C9H7NO2. The summed E-state index contributed by atoms with van der Waals surface area (Å²) < 4.78 is 5.20. The topological polar surface area (TPSA) is 42.6 Å². The molecule has 1 aromatic carbocycles. The van der Waals surface area contributed by atoms with Crippen LogP contribution in [0.2, 0.25) is 0 Å². The highest BCUT2D eigenvalue weighted by Gasteiger charge is 2.02. The number of hydrogen-bond donors (Lipinski definition) is 0. The number of nitroso groups, excluding NO2 is 1. The minimum Gasteiger partial charge on any atom is -0.464 e. The van der Waals surface area contributed by atoms with Crippen LogP contribution in [0.25, 0.3) is 11.0 Å². The zero-order chi connectivity index (χ0) is 8.55. The van der Waals surface area contributed by atoms with Gasteiger partial charge in [-0.3, -0.25) is 0 Å². The van der Waals surface area contributed by atoms with E-state index in [2.05, 4.69) is 5.18 Å². The van der Waals surface area contributed by atoms with E-state index in [-0.39, 0.29) is 0 Å². The first kappa shape index (κ1) is 7.03. The van der Waals surface area contributed by atoms with Crippen LogP contribution in [0.3, 0.4) is 0 Å². The molecule has 0 bridgehead atoms. The Morgan fingerprint density at radius 1 is 1.42 bits per heavy atom. The van der Waals surface area contributed by atoms with Gasteiger partial charge in [-0.2, -0.15) is 0 Å². The molecule has 0 saturated carbocycles. The maximum atomic E-state index is 10.2. The van der Waals surface area contributed by atoms with Crippen molar-refractivity contribution in [3.8, 4) is 0 Å². The fourth-order valence-electron chi connectivity index (χ4n) is 1.29. The van der Waals surface area contributed by atoms with Gasteiger partial charge in [0.05, 0.1) is 6.26 Å². The van der Waals surface area contributed by atoms with Gasteiger partial charge in [-0.25, -0.2) is 0 Å². The van der Waals surface area contributed by atoms with Gasteiger partial charge in [-0.05, 0) is 35.9 Å². The second kappa shape index (κ2) is 2.44. The molecule has 0 fully saturated rings. The lowest BCUT2D eigenvalue weighted by molar-refractivity contribution is 0.613. The highest BCUT2D eigenvalue weighted by molar-refractivity contribution is 5.83. The summed E-state index contributed by atoms with van der Waals surface area (Å²) in [5.74, 6) is 0. The van der Waals surface area contributed by atoms with Crippen LogP contribution in [0.1, 0.15) is 5.56 Å². The molecule has 1 aromatic heterocycles. The normalized spacial score (nSPS) is 10.4. The Morgan fingerprint density at radius 2 is 2.25 bits per heavy atom. The smallest absolute Gasteiger partial charge is 0.136 e. The van der Waals surface area contributed by atoms with E-state index in [0.717, 1.165) is 16.5 Å². The monoisotopic (exact) mass is 161 g/mol. The summed E-state index contributed by atoms with van der Waals surface area (Å²) in [5, 5.41) is 3.79. The standard InChI is InChI=1S/C9H7NO2/c1-6-4-8(10-11)5-7-2-3-12-9(6)7/h2-5H,1H3. The molecule has 0 aliphatic rings. The van der Waals surface area contributed by atoms with Crippen molar-refractivity contribution in [2.75, 3.05) is 0 Å². The van der Waals surface area contributed by atoms with Crippen molar-refractivity contribution in [3.05, 3.63) is 34.9 Å². The van der Waals surface area contributed by atoms with E-state index >= 15 is 0 Å². The molecule has 0 unspecified atom stereocenters. The SMILES string of the molecule is Cc1cc(N=O)cc2ccoc12. The molecule has 12 heavy (non-hydrogen) atoms. The lowest BCUT2D eigenvalue weighted by atomic mass is 10.1. The van der Waals surface area contributed by atoms with Gasteiger partial charge in [-0.1, -0.05) is 0 Å². The lowest BCUT2D eigenvalue weighted by Crippen LogP contribution is -1.72. The minimum atomic E-state index is 0.446. The Kier molecular flexibility index (Phi) is 1.43. The Morgan fingerprint density at radius 3 is 3.00 bits per heavy atom. The second-order valence-corrected chi connectivity index (χ2v) is 2.69. The van der Waals surface area contributed by atoms with Crippen LogP contribution >= 0.6 is 0 Å². The molecule has 0 N–H and O–H groups in total. The summed E-state index contributed by atoms with van der Waals surface area (Å²) in [6.07, 6.45) is 1.60. The van der Waals surface area contributed by atoms with Gasteiger partial charge in [0.25, 0.3) is 0 Å². The van der Waals surface area contributed by atoms with Gasteiger partial charge in [-0.15, -0.1) is 4.91 Å². The van der Waals surface area contributed by atoms with Crippen molar-refractivity contribution >= 4 is 16.7 Å². The third-order valence-corrected chi connectivity index (χ3v) is 1.83. The van der Waals surface area contributed by atoms with E-state index in [1.165, 1.54) is 0 Å². The van der Waals surface area contributed by atoms with Gasteiger partial charge < -0.3 is 4.42 Å². The van der Waals surface area contributed by atoms with Crippen molar-refractivity contribution in [2.24, 2.45) is 5.18 Å². The number of fused-ring (bicyclic) bond motifs is 1. The highest BCUT2D eigenvalue weighted by Crippen LogP contribution is 2.25. The van der Waals surface area contributed by atoms with Crippen LogP contribution in [-0.4, -0.2) is 0 Å². The van der Waals surface area contributed by atoms with Gasteiger partial charge in [0, 0.05) is 5.39 Å². The number of hydrogen-bond acceptors (Lipinski definition) is 3. The molecule has 2 rings (SSSR count). The zero-order valence-corrected chi connectivity index (χ0v) is 6.57. The van der Waals surface area contributed by atoms with Crippen LogP contribution in [0.15, 0.2) is 34.1 Å². The first-order valence-electron chi connectivity index (χ1n) is 3.62. The van der Waals surface area contributed by atoms with Gasteiger partial charge in [0.2, 0.25) is 0 Å². The molecular weight excluding hydrogens is 154 g/mol. The van der Waals surface area contributed by atoms with E-state index in [0.29, 0.717) is 5.69 Å². The minimum absolute atomic E-state index is 0.446.